The van der Waals surface area contributed by atoms with Crippen molar-refractivity contribution in [3.8, 4) is 0 Å². The number of rotatable bonds is 7. The van der Waals surface area contributed by atoms with Crippen molar-refractivity contribution in [1.29, 1.82) is 0 Å². The zero-order valence-electron chi connectivity index (χ0n) is 14.5. The molecule has 1 heterocycles. The number of carbonyl (C=O) groups is 2. The van der Waals surface area contributed by atoms with E-state index in [2.05, 4.69) is 5.10 Å². The van der Waals surface area contributed by atoms with Crippen molar-refractivity contribution in [2.45, 2.75) is 26.3 Å². The summed E-state index contributed by atoms with van der Waals surface area (Å²) in [6, 6.07) is 9.23. The van der Waals surface area contributed by atoms with E-state index >= 15 is 0 Å². The molecule has 1 aromatic heterocycles. The first-order valence-corrected chi connectivity index (χ1v) is 8.50. The lowest BCUT2D eigenvalue weighted by Crippen LogP contribution is -2.31. The van der Waals surface area contributed by atoms with E-state index < -0.39 is 23.4 Å². The molecule has 2 aromatic rings. The zero-order valence-corrected chi connectivity index (χ0v) is 15.2. The fourth-order valence-corrected chi connectivity index (χ4v) is 2.60. The lowest BCUT2D eigenvalue weighted by Gasteiger charge is -2.16. The molecule has 2 rings (SSSR count). The number of carbonyl (C=O) groups excluding carboxylic acids is 2. The normalized spacial score (nSPS) is 10.6. The summed E-state index contributed by atoms with van der Waals surface area (Å²) in [4.78, 5) is 36.9. The summed E-state index contributed by atoms with van der Waals surface area (Å²) < 4.78 is 11.0. The molecule has 26 heavy (non-hydrogen) atoms. The van der Waals surface area contributed by atoms with Crippen LogP contribution in [0.5, 0.6) is 0 Å². The lowest BCUT2D eigenvalue weighted by molar-refractivity contribution is -0.156. The van der Waals surface area contributed by atoms with Crippen LogP contribution in [0, 0.1) is 0 Å². The van der Waals surface area contributed by atoms with E-state index in [0.29, 0.717) is 0 Å². The Morgan fingerprint density at radius 3 is 2.23 bits per heavy atom. The van der Waals surface area contributed by atoms with E-state index in [1.165, 1.54) is 6.20 Å². The number of halogens is 1. The molecule has 0 aliphatic heterocycles. The Labute approximate surface area is 155 Å². The maximum atomic E-state index is 12.5. The molecule has 0 aliphatic carbocycles. The van der Waals surface area contributed by atoms with E-state index in [1.54, 1.807) is 13.8 Å². The van der Waals surface area contributed by atoms with Gasteiger partial charge in [-0.3, -0.25) is 14.4 Å². The number of hydrogen-bond acceptors (Lipinski definition) is 6. The number of nitrogens with zero attached hydrogens (tertiary/aromatic N) is 2. The number of hydrogen-bond donors (Lipinski definition) is 0. The van der Waals surface area contributed by atoms with Crippen LogP contribution in [0.25, 0.3) is 0 Å². The first kappa shape index (κ1) is 19.7. The summed E-state index contributed by atoms with van der Waals surface area (Å²) in [5, 5.41) is 3.78. The first-order valence-electron chi connectivity index (χ1n) is 8.12. The number of ether oxygens (including phenoxy) is 2. The Balaban J connectivity index is 2.41. The van der Waals surface area contributed by atoms with Crippen molar-refractivity contribution in [3.63, 3.8) is 0 Å². The van der Waals surface area contributed by atoms with Crippen LogP contribution in [0.15, 0.2) is 41.3 Å². The van der Waals surface area contributed by atoms with E-state index in [-0.39, 0.29) is 30.3 Å². The van der Waals surface area contributed by atoms with Crippen LogP contribution in [-0.4, -0.2) is 34.9 Å². The van der Waals surface area contributed by atoms with E-state index in [9.17, 15) is 14.4 Å². The lowest BCUT2D eigenvalue weighted by atomic mass is 10.0. The van der Waals surface area contributed by atoms with Crippen LogP contribution >= 0.6 is 11.6 Å². The third kappa shape index (κ3) is 4.49. The molecule has 138 valence electrons. The van der Waals surface area contributed by atoms with Gasteiger partial charge in [-0.1, -0.05) is 41.9 Å². The van der Waals surface area contributed by atoms with Crippen molar-refractivity contribution < 1.29 is 19.1 Å². The van der Waals surface area contributed by atoms with Gasteiger partial charge in [0, 0.05) is 5.56 Å². The fourth-order valence-electron chi connectivity index (χ4n) is 2.35. The molecule has 0 atom stereocenters. The summed E-state index contributed by atoms with van der Waals surface area (Å²) in [7, 11) is 0. The highest BCUT2D eigenvalue weighted by Gasteiger charge is 2.34. The van der Waals surface area contributed by atoms with E-state index in [1.807, 2.05) is 30.3 Å². The molecule has 0 N–H and O–H groups in total. The Hall–Kier alpha value is -2.67. The summed E-state index contributed by atoms with van der Waals surface area (Å²) in [5.41, 5.74) is 0.225. The van der Waals surface area contributed by atoms with Crippen LogP contribution in [0.2, 0.25) is 5.02 Å². The van der Waals surface area contributed by atoms with Gasteiger partial charge < -0.3 is 9.47 Å². The molecule has 0 saturated carbocycles. The molecule has 0 saturated heterocycles. The van der Waals surface area contributed by atoms with Gasteiger partial charge in [-0.15, -0.1) is 0 Å². The summed E-state index contributed by atoms with van der Waals surface area (Å²) in [6.07, 6.45) is 1.23. The molecule has 0 bridgehead atoms. The van der Waals surface area contributed by atoms with Gasteiger partial charge in [0.1, 0.15) is 5.02 Å². The molecule has 0 amide bonds. The highest BCUT2D eigenvalue weighted by atomic mass is 35.5. The first-order chi connectivity index (χ1) is 12.5. The molecule has 0 aliphatic rings. The maximum absolute atomic E-state index is 12.5. The third-order valence-electron chi connectivity index (χ3n) is 3.54. The highest BCUT2D eigenvalue weighted by Crippen LogP contribution is 2.24. The van der Waals surface area contributed by atoms with Gasteiger partial charge in [0.05, 0.1) is 26.0 Å². The standard InChI is InChI=1S/C18H19ClN2O5/c1-3-25-17(23)14(18(24)26-4-2)13-10-20-21(16(22)15(13)19)11-12-8-6-5-7-9-12/h5-10,14H,3-4,11H2,1-2H3. The molecular weight excluding hydrogens is 360 g/mol. The third-order valence-corrected chi connectivity index (χ3v) is 3.92. The molecule has 0 radical (unpaired) electrons. The van der Waals surface area contributed by atoms with E-state index in [4.69, 9.17) is 21.1 Å². The minimum Gasteiger partial charge on any atom is -0.465 e. The van der Waals surface area contributed by atoms with Gasteiger partial charge in [-0.25, -0.2) is 4.68 Å². The largest absolute Gasteiger partial charge is 0.465 e. The smallest absolute Gasteiger partial charge is 0.325 e. The van der Waals surface area contributed by atoms with E-state index in [0.717, 1.165) is 10.2 Å². The molecule has 0 spiro atoms. The predicted octanol–water partition coefficient (Wildman–Crippen LogP) is 2.15. The van der Waals surface area contributed by atoms with Crippen molar-refractivity contribution >= 4 is 23.5 Å². The SMILES string of the molecule is CCOC(=O)C(C(=O)OCC)c1cnn(Cc2ccccc2)c(=O)c1Cl. The second kappa shape index (κ2) is 9.15. The van der Waals surface area contributed by atoms with Gasteiger partial charge in [-0.05, 0) is 19.4 Å². The van der Waals surface area contributed by atoms with Crippen molar-refractivity contribution in [2.75, 3.05) is 13.2 Å². The number of benzene rings is 1. The molecule has 7 nitrogen and oxygen atoms in total. The number of aromatic nitrogens is 2. The Morgan fingerprint density at radius 2 is 1.69 bits per heavy atom. The second-order valence-corrected chi connectivity index (χ2v) is 5.68. The van der Waals surface area contributed by atoms with Crippen LogP contribution in [-0.2, 0) is 25.6 Å². The molecule has 0 fully saturated rings. The van der Waals surface area contributed by atoms with Crippen LogP contribution in [0.1, 0.15) is 30.9 Å². The quantitative estimate of drug-likeness (QED) is 0.542. The zero-order chi connectivity index (χ0) is 19.1. The van der Waals surface area contributed by atoms with Gasteiger partial charge >= 0.3 is 11.9 Å². The minimum absolute atomic E-state index is 0.0297. The highest BCUT2D eigenvalue weighted by molar-refractivity contribution is 6.31. The Kier molecular flexibility index (Phi) is 6.91. The van der Waals surface area contributed by atoms with Gasteiger partial charge in [0.2, 0.25) is 0 Å². The van der Waals surface area contributed by atoms with Gasteiger partial charge in [0.25, 0.3) is 5.56 Å². The average molecular weight is 379 g/mol. The van der Waals surface area contributed by atoms with Crippen molar-refractivity contribution in [3.05, 3.63) is 63.0 Å². The molecule has 8 heteroatoms. The monoisotopic (exact) mass is 378 g/mol. The molecular formula is C18H19ClN2O5. The Bertz CT molecular complexity index is 817. The summed E-state index contributed by atoms with van der Waals surface area (Å²) in [5.74, 6) is -3.13. The summed E-state index contributed by atoms with van der Waals surface area (Å²) >= 11 is 6.16. The van der Waals surface area contributed by atoms with Gasteiger partial charge in [0.15, 0.2) is 5.92 Å². The van der Waals surface area contributed by atoms with Crippen LogP contribution in [0.4, 0.5) is 0 Å². The fraction of sp³-hybridized carbons (Fsp3) is 0.333. The summed E-state index contributed by atoms with van der Waals surface area (Å²) in [6.45, 7) is 3.58. The maximum Gasteiger partial charge on any atom is 0.325 e. The average Bonchev–Trinajstić information content (AvgIpc) is 2.62. The molecule has 0 unspecified atom stereocenters. The number of esters is 2. The van der Waals surface area contributed by atoms with Crippen molar-refractivity contribution in [1.82, 2.24) is 9.78 Å². The predicted molar refractivity (Wildman–Crippen MR) is 95.1 cm³/mol. The van der Waals surface area contributed by atoms with Crippen molar-refractivity contribution in [2.24, 2.45) is 0 Å². The van der Waals surface area contributed by atoms with Crippen LogP contribution in [0.3, 0.4) is 0 Å². The second-order valence-electron chi connectivity index (χ2n) is 5.30. The topological polar surface area (TPSA) is 87.5 Å². The minimum atomic E-state index is -1.45. The van der Waals surface area contributed by atoms with Crippen LogP contribution < -0.4 is 5.56 Å². The van der Waals surface area contributed by atoms with Gasteiger partial charge in [-0.2, -0.15) is 5.10 Å². The molecule has 1 aromatic carbocycles. The Morgan fingerprint density at radius 1 is 1.12 bits per heavy atom.